The van der Waals surface area contributed by atoms with Gasteiger partial charge in [-0.2, -0.15) is 12.6 Å². The number of rotatable bonds is 8. The molecule has 0 aliphatic heterocycles. The molecule has 0 saturated heterocycles. The van der Waals surface area contributed by atoms with Crippen LogP contribution in [0.3, 0.4) is 0 Å². The van der Waals surface area contributed by atoms with E-state index in [4.69, 9.17) is 4.74 Å². The zero-order valence-electron chi connectivity index (χ0n) is 25.7. The van der Waals surface area contributed by atoms with Crippen LogP contribution in [0.2, 0.25) is 0 Å². The van der Waals surface area contributed by atoms with Crippen LogP contribution in [0.25, 0.3) is 10.8 Å². The van der Waals surface area contributed by atoms with Crippen molar-refractivity contribution in [3.05, 3.63) is 71.8 Å². The molecule has 0 aromatic heterocycles. The van der Waals surface area contributed by atoms with Gasteiger partial charge in [-0.3, -0.25) is 4.99 Å². The van der Waals surface area contributed by atoms with Crippen LogP contribution >= 0.6 is 12.6 Å². The van der Waals surface area contributed by atoms with Gasteiger partial charge in [-0.05, 0) is 59.9 Å². The average molecular weight is 557 g/mol. The van der Waals surface area contributed by atoms with Crippen molar-refractivity contribution in [3.63, 3.8) is 0 Å². The van der Waals surface area contributed by atoms with E-state index in [0.717, 1.165) is 36.2 Å². The molecule has 3 aromatic carbocycles. The molecule has 0 spiro atoms. The Morgan fingerprint density at radius 1 is 0.897 bits per heavy atom. The SMILES string of the molecule is CC.CC.CCC.CCN(CC)CCOC(=O)c1ccc(N=Cc2c(O)ccc3ccccc23)cc1.CCS. The Morgan fingerprint density at radius 2 is 1.44 bits per heavy atom. The van der Waals surface area contributed by atoms with Crippen molar-refractivity contribution in [3.8, 4) is 5.75 Å². The standard InChI is InChI=1S/C24H26N2O3.C3H8.C2H6S.2C2H6/c1-3-26(4-2)15-16-29-24(28)19-9-12-20(13-10-19)25-17-22-21-8-6-5-7-18(21)11-14-23(22)27;1-3-2;1-2-3;2*1-2/h5-14,17,27H,3-4,15-16H2,1-2H3;3H2,1-2H3;3H,2H2,1H3;2*1-2H3. The highest BCUT2D eigenvalue weighted by molar-refractivity contribution is 7.80. The number of carbonyl (C=O) groups is 1. The zero-order chi connectivity index (χ0) is 30.1. The molecular weight excluding hydrogens is 504 g/mol. The molecule has 1 N–H and O–H groups in total. The second kappa shape index (κ2) is 25.4. The van der Waals surface area contributed by atoms with Gasteiger partial charge in [0.1, 0.15) is 12.4 Å². The molecule has 0 unspecified atom stereocenters. The smallest absolute Gasteiger partial charge is 0.338 e. The van der Waals surface area contributed by atoms with Gasteiger partial charge in [0, 0.05) is 18.3 Å². The summed E-state index contributed by atoms with van der Waals surface area (Å²) in [4.78, 5) is 18.8. The first-order valence-electron chi connectivity index (χ1n) is 14.3. The van der Waals surface area contributed by atoms with E-state index in [9.17, 15) is 9.90 Å². The van der Waals surface area contributed by atoms with E-state index in [1.807, 2.05) is 65.0 Å². The third-order valence-electron chi connectivity index (χ3n) is 4.93. The van der Waals surface area contributed by atoms with Gasteiger partial charge in [0.2, 0.25) is 0 Å². The number of hydrogen-bond donors (Lipinski definition) is 2. The number of thiol groups is 1. The first-order chi connectivity index (χ1) is 18.9. The largest absolute Gasteiger partial charge is 0.507 e. The maximum absolute atomic E-state index is 12.2. The molecule has 39 heavy (non-hydrogen) atoms. The Hall–Kier alpha value is -2.83. The highest BCUT2D eigenvalue weighted by atomic mass is 32.1. The van der Waals surface area contributed by atoms with E-state index in [-0.39, 0.29) is 11.7 Å². The fourth-order valence-corrected chi connectivity index (χ4v) is 3.13. The maximum atomic E-state index is 12.2. The van der Waals surface area contributed by atoms with Gasteiger partial charge in [0.05, 0.1) is 11.3 Å². The van der Waals surface area contributed by atoms with Gasteiger partial charge in [0.15, 0.2) is 0 Å². The van der Waals surface area contributed by atoms with Crippen LogP contribution < -0.4 is 0 Å². The molecule has 0 atom stereocenters. The Kier molecular flexibility index (Phi) is 25.0. The topological polar surface area (TPSA) is 62.1 Å². The van der Waals surface area contributed by atoms with Gasteiger partial charge in [-0.25, -0.2) is 4.79 Å². The lowest BCUT2D eigenvalue weighted by Gasteiger charge is -2.17. The number of carbonyl (C=O) groups excluding carboxylic acids is 1. The second-order valence-electron chi connectivity index (χ2n) is 7.71. The minimum atomic E-state index is -0.334. The van der Waals surface area contributed by atoms with Gasteiger partial charge >= 0.3 is 5.97 Å². The molecule has 6 heteroatoms. The summed E-state index contributed by atoms with van der Waals surface area (Å²) in [5, 5.41) is 12.2. The number of phenols is 1. The number of fused-ring (bicyclic) bond motifs is 1. The number of aromatic hydroxyl groups is 1. The van der Waals surface area contributed by atoms with Crippen LogP contribution in [0.4, 0.5) is 5.69 Å². The molecule has 0 aliphatic rings. The number of esters is 1. The lowest BCUT2D eigenvalue weighted by Crippen LogP contribution is -2.27. The molecule has 0 saturated carbocycles. The van der Waals surface area contributed by atoms with Crippen LogP contribution in [0.15, 0.2) is 65.7 Å². The molecule has 0 bridgehead atoms. The minimum Gasteiger partial charge on any atom is -0.507 e. The number of likely N-dealkylation sites (N-methyl/N-ethyl adjacent to an activating group) is 1. The number of hydrogen-bond acceptors (Lipinski definition) is 6. The van der Waals surface area contributed by atoms with E-state index in [2.05, 4.69) is 50.2 Å². The number of benzene rings is 3. The average Bonchev–Trinajstić information content (AvgIpc) is 2.98. The van der Waals surface area contributed by atoms with Crippen LogP contribution in [0.1, 0.15) is 84.7 Å². The van der Waals surface area contributed by atoms with E-state index < -0.39 is 0 Å². The Bertz CT molecular complexity index is 1030. The number of aliphatic imine (C=N–C) groups is 1. The quantitative estimate of drug-likeness (QED) is 0.165. The molecule has 0 amide bonds. The van der Waals surface area contributed by atoms with Crippen molar-refractivity contribution in [1.82, 2.24) is 4.90 Å². The van der Waals surface area contributed by atoms with Crippen LogP contribution in [-0.4, -0.2) is 54.2 Å². The van der Waals surface area contributed by atoms with Crippen molar-refractivity contribution in [2.75, 3.05) is 32.0 Å². The summed E-state index contributed by atoms with van der Waals surface area (Å²) in [5.41, 5.74) is 1.86. The summed E-state index contributed by atoms with van der Waals surface area (Å²) in [6.45, 7) is 21.4. The van der Waals surface area contributed by atoms with Crippen LogP contribution in [-0.2, 0) is 4.74 Å². The fourth-order valence-electron chi connectivity index (χ4n) is 3.13. The van der Waals surface area contributed by atoms with Gasteiger partial charge in [-0.1, -0.05) is 99.1 Å². The van der Waals surface area contributed by atoms with Crippen molar-refractivity contribution in [1.29, 1.82) is 0 Å². The summed E-state index contributed by atoms with van der Waals surface area (Å²) < 4.78 is 5.34. The molecular formula is C33H52N2O3S. The number of ether oxygens (including phenoxy) is 1. The van der Waals surface area contributed by atoms with Crippen LogP contribution in [0, 0.1) is 0 Å². The van der Waals surface area contributed by atoms with E-state index in [0.29, 0.717) is 23.4 Å². The lowest BCUT2D eigenvalue weighted by atomic mass is 10.0. The highest BCUT2D eigenvalue weighted by Gasteiger charge is 2.08. The minimum absolute atomic E-state index is 0.181. The molecule has 0 aliphatic carbocycles. The first-order valence-corrected chi connectivity index (χ1v) is 14.9. The predicted molar refractivity (Wildman–Crippen MR) is 176 cm³/mol. The van der Waals surface area contributed by atoms with E-state index >= 15 is 0 Å². The molecule has 0 radical (unpaired) electrons. The van der Waals surface area contributed by atoms with Gasteiger partial charge < -0.3 is 14.7 Å². The normalized spacial score (nSPS) is 9.72. The molecule has 0 fully saturated rings. The Balaban J connectivity index is 0. The van der Waals surface area contributed by atoms with E-state index in [1.165, 1.54) is 6.42 Å². The summed E-state index contributed by atoms with van der Waals surface area (Å²) in [5.74, 6) is 0.792. The van der Waals surface area contributed by atoms with E-state index in [1.54, 1.807) is 36.5 Å². The molecule has 3 rings (SSSR count). The molecule has 3 aromatic rings. The molecule has 0 heterocycles. The number of phenolic OH excluding ortho intramolecular Hbond substituents is 1. The monoisotopic (exact) mass is 556 g/mol. The lowest BCUT2D eigenvalue weighted by molar-refractivity contribution is 0.0466. The highest BCUT2D eigenvalue weighted by Crippen LogP contribution is 2.26. The van der Waals surface area contributed by atoms with Crippen molar-refractivity contribution < 1.29 is 14.6 Å². The van der Waals surface area contributed by atoms with Gasteiger partial charge in [0.25, 0.3) is 0 Å². The summed E-state index contributed by atoms with van der Waals surface area (Å²) in [6, 6.07) is 18.3. The summed E-state index contributed by atoms with van der Waals surface area (Å²) >= 11 is 3.79. The second-order valence-corrected chi connectivity index (χ2v) is 8.34. The van der Waals surface area contributed by atoms with Crippen LogP contribution in [0.5, 0.6) is 5.75 Å². The maximum Gasteiger partial charge on any atom is 0.338 e. The van der Waals surface area contributed by atoms with Crippen molar-refractivity contribution in [2.45, 2.75) is 68.7 Å². The molecule has 5 nitrogen and oxygen atoms in total. The van der Waals surface area contributed by atoms with Crippen molar-refractivity contribution >= 4 is 41.3 Å². The summed E-state index contributed by atoms with van der Waals surface area (Å²) in [6.07, 6.45) is 2.90. The van der Waals surface area contributed by atoms with Gasteiger partial charge in [-0.15, -0.1) is 0 Å². The Morgan fingerprint density at radius 3 is 1.97 bits per heavy atom. The summed E-state index contributed by atoms with van der Waals surface area (Å²) in [7, 11) is 0. The third kappa shape index (κ3) is 15.4. The predicted octanol–water partition coefficient (Wildman–Crippen LogP) is 9.20. The Labute approximate surface area is 243 Å². The fraction of sp³-hybridized carbons (Fsp3) is 0.455. The third-order valence-corrected chi connectivity index (χ3v) is 4.93. The molecule has 218 valence electrons. The number of nitrogens with zero attached hydrogens (tertiary/aromatic N) is 2. The first kappa shape index (κ1) is 38.3. The van der Waals surface area contributed by atoms with Crippen molar-refractivity contribution in [2.24, 2.45) is 4.99 Å². The zero-order valence-corrected chi connectivity index (χ0v) is 26.6.